The number of aromatic hydroxyl groups is 1. The Morgan fingerprint density at radius 3 is 2.52 bits per heavy atom. The first-order valence-electron chi connectivity index (χ1n) is 12.6. The Morgan fingerprint density at radius 1 is 1.18 bits per heavy atom. The maximum absolute atomic E-state index is 13.8. The number of aromatic nitrogens is 1. The van der Waals surface area contributed by atoms with E-state index in [9.17, 15) is 39.6 Å². The molecule has 7 N–H and O–H groups in total. The Labute approximate surface area is 228 Å². The number of fused-ring (bicyclic) bond motifs is 3. The first-order valence-corrected chi connectivity index (χ1v) is 12.6. The van der Waals surface area contributed by atoms with E-state index in [1.54, 1.807) is 32.3 Å². The monoisotopic (exact) mass is 548 g/mol. The van der Waals surface area contributed by atoms with Crippen LogP contribution in [0.5, 0.6) is 5.75 Å². The Hall–Kier alpha value is -4.55. The number of allylic oxidation sites excluding steroid dienone is 1. The first kappa shape index (κ1) is 27.0. The Balaban J connectivity index is 1.58. The number of primary amides is 1. The van der Waals surface area contributed by atoms with E-state index in [1.165, 1.54) is 23.4 Å². The van der Waals surface area contributed by atoms with Crippen LogP contribution in [0.2, 0.25) is 0 Å². The van der Waals surface area contributed by atoms with Gasteiger partial charge in [0, 0.05) is 30.4 Å². The number of nitrogens with two attached hydrogens (primary N) is 1. The topological polar surface area (TPSA) is 203 Å². The molecule has 5 rings (SSSR count). The number of pyridine rings is 1. The molecule has 0 unspecified atom stereocenters. The van der Waals surface area contributed by atoms with E-state index in [2.05, 4.69) is 10.3 Å². The highest BCUT2D eigenvalue weighted by Gasteiger charge is 2.63. The summed E-state index contributed by atoms with van der Waals surface area (Å²) in [6.45, 7) is 0.0268. The summed E-state index contributed by atoms with van der Waals surface area (Å²) >= 11 is 0. The maximum Gasteiger partial charge on any atom is 0.255 e. The van der Waals surface area contributed by atoms with Crippen LogP contribution in [0.4, 0.5) is 0 Å². The summed E-state index contributed by atoms with van der Waals surface area (Å²) in [5.41, 5.74) is 2.77. The molecule has 12 nitrogen and oxygen atoms in total. The molecule has 2 amide bonds. The number of carbonyl (C=O) groups is 4. The second-order valence-corrected chi connectivity index (χ2v) is 10.5. The van der Waals surface area contributed by atoms with Gasteiger partial charge in [0.25, 0.3) is 11.8 Å². The lowest BCUT2D eigenvalue weighted by molar-refractivity contribution is -0.148. The number of Topliss-reactive ketones (excluding diaryl/α,β-unsaturated/α-hetero) is 2. The third kappa shape index (κ3) is 3.87. The van der Waals surface area contributed by atoms with E-state index in [0.717, 1.165) is 0 Å². The number of nitrogens with zero attached hydrogens (tertiary/aromatic N) is 2. The number of phenolic OH excluding ortho intramolecular Hbond substituents is 1. The van der Waals surface area contributed by atoms with Crippen molar-refractivity contribution in [2.75, 3.05) is 14.1 Å². The standard InChI is InChI=1S/C28H28N4O8/c1-32(2)21-16-9-14-8-15-12(11-31-27(39)13-4-3-7-30-10-13)5-6-17(33)19(15)22(34)18(14)24(36)28(16,40)25(37)20(23(21)35)26(29)38/h3-7,10,14,16,21,33,35-36,40H,8-9,11H2,1-2H3,(H2,29,38)(H,31,39)/t14-,16-,21-,28-/m0/s1. The molecule has 0 saturated carbocycles. The molecule has 0 fully saturated rings. The van der Waals surface area contributed by atoms with Crippen molar-refractivity contribution < 1.29 is 39.6 Å². The molecule has 4 atom stereocenters. The van der Waals surface area contributed by atoms with Gasteiger partial charge in [-0.15, -0.1) is 0 Å². The average molecular weight is 549 g/mol. The zero-order valence-corrected chi connectivity index (χ0v) is 21.7. The predicted molar refractivity (Wildman–Crippen MR) is 139 cm³/mol. The van der Waals surface area contributed by atoms with E-state index in [1.807, 2.05) is 0 Å². The SMILES string of the molecule is CN(C)[C@@H]1C(O)=C(C(N)=O)C(=O)[C@@]2(O)C(O)=C3C(=O)c4c(O)ccc(CNC(=O)c5cccnc5)c4C[C@H]3C[C@@H]12. The lowest BCUT2D eigenvalue weighted by Crippen LogP contribution is -2.63. The highest BCUT2D eigenvalue weighted by Crippen LogP contribution is 2.52. The zero-order valence-electron chi connectivity index (χ0n) is 21.7. The minimum atomic E-state index is -2.70. The van der Waals surface area contributed by atoms with E-state index in [-0.39, 0.29) is 42.2 Å². The number of carbonyl (C=O) groups excluding carboxylic acids is 4. The molecular formula is C28H28N4O8. The van der Waals surface area contributed by atoms with Crippen molar-refractivity contribution in [3.8, 4) is 5.75 Å². The Bertz CT molecular complexity index is 1530. The van der Waals surface area contributed by atoms with E-state index >= 15 is 0 Å². The quantitative estimate of drug-likeness (QED) is 0.285. The molecule has 40 heavy (non-hydrogen) atoms. The largest absolute Gasteiger partial charge is 0.510 e. The second-order valence-electron chi connectivity index (χ2n) is 10.5. The molecule has 0 spiro atoms. The van der Waals surface area contributed by atoms with Gasteiger partial charge in [0.15, 0.2) is 11.4 Å². The molecule has 0 bridgehead atoms. The summed E-state index contributed by atoms with van der Waals surface area (Å²) in [7, 11) is 3.13. The normalized spacial score (nSPS) is 25.9. The van der Waals surface area contributed by atoms with Gasteiger partial charge < -0.3 is 31.5 Å². The van der Waals surface area contributed by atoms with Crippen LogP contribution in [0.25, 0.3) is 0 Å². The van der Waals surface area contributed by atoms with Crippen LogP contribution in [0.1, 0.15) is 38.3 Å². The first-order chi connectivity index (χ1) is 18.9. The fourth-order valence-corrected chi connectivity index (χ4v) is 6.26. The van der Waals surface area contributed by atoms with Crippen LogP contribution in [-0.4, -0.2) is 79.4 Å². The molecule has 1 heterocycles. The summed E-state index contributed by atoms with van der Waals surface area (Å²) in [4.78, 5) is 57.2. The number of nitrogens with one attached hydrogen (secondary N) is 1. The van der Waals surface area contributed by atoms with E-state index < -0.39 is 58.0 Å². The molecule has 3 aliphatic carbocycles. The Kier molecular flexibility index (Phi) is 6.47. The second kappa shape index (κ2) is 9.57. The van der Waals surface area contributed by atoms with Crippen LogP contribution in [0, 0.1) is 11.8 Å². The summed E-state index contributed by atoms with van der Waals surface area (Å²) in [6, 6.07) is 5.02. The zero-order chi connectivity index (χ0) is 29.1. The fourth-order valence-electron chi connectivity index (χ4n) is 6.26. The van der Waals surface area contributed by atoms with Gasteiger partial charge in [0.2, 0.25) is 5.78 Å². The van der Waals surface area contributed by atoms with Gasteiger partial charge in [0.05, 0.1) is 17.2 Å². The van der Waals surface area contributed by atoms with Crippen LogP contribution >= 0.6 is 0 Å². The maximum atomic E-state index is 13.8. The van der Waals surface area contributed by atoms with Gasteiger partial charge in [-0.3, -0.25) is 29.1 Å². The van der Waals surface area contributed by atoms with Crippen molar-refractivity contribution in [3.63, 3.8) is 0 Å². The minimum Gasteiger partial charge on any atom is -0.510 e. The molecular weight excluding hydrogens is 520 g/mol. The van der Waals surface area contributed by atoms with Crippen molar-refractivity contribution in [1.82, 2.24) is 15.2 Å². The predicted octanol–water partition coefficient (Wildman–Crippen LogP) is 0.446. The van der Waals surface area contributed by atoms with Gasteiger partial charge in [-0.2, -0.15) is 0 Å². The molecule has 12 heteroatoms. The molecule has 0 aliphatic heterocycles. The smallest absolute Gasteiger partial charge is 0.255 e. The highest BCUT2D eigenvalue weighted by molar-refractivity contribution is 6.24. The summed E-state index contributed by atoms with van der Waals surface area (Å²) < 4.78 is 0. The minimum absolute atomic E-state index is 0.0249. The van der Waals surface area contributed by atoms with Gasteiger partial charge in [0.1, 0.15) is 22.8 Å². The molecule has 0 radical (unpaired) electrons. The van der Waals surface area contributed by atoms with Crippen LogP contribution in [0.3, 0.4) is 0 Å². The average Bonchev–Trinajstić information content (AvgIpc) is 2.90. The lowest BCUT2D eigenvalue weighted by atomic mass is 9.58. The van der Waals surface area contributed by atoms with Crippen molar-refractivity contribution in [2.24, 2.45) is 17.6 Å². The number of amides is 2. The molecule has 1 aromatic heterocycles. The number of benzene rings is 1. The molecule has 3 aliphatic rings. The molecule has 0 saturated heterocycles. The van der Waals surface area contributed by atoms with Crippen molar-refractivity contribution in [2.45, 2.75) is 31.0 Å². The van der Waals surface area contributed by atoms with Gasteiger partial charge in [-0.25, -0.2) is 0 Å². The number of phenols is 1. The summed E-state index contributed by atoms with van der Waals surface area (Å²) in [5.74, 6) is -7.51. The van der Waals surface area contributed by atoms with Crippen molar-refractivity contribution in [3.05, 3.63) is 81.6 Å². The number of aliphatic hydroxyl groups is 3. The third-order valence-electron chi connectivity index (χ3n) is 8.07. The third-order valence-corrected chi connectivity index (χ3v) is 8.07. The van der Waals surface area contributed by atoms with E-state index in [4.69, 9.17) is 5.73 Å². The van der Waals surface area contributed by atoms with Gasteiger partial charge in [-0.05, 0) is 62.2 Å². The van der Waals surface area contributed by atoms with Crippen LogP contribution < -0.4 is 11.1 Å². The lowest BCUT2D eigenvalue weighted by Gasteiger charge is -2.50. The fraction of sp³-hybridized carbons (Fsp3) is 0.321. The highest BCUT2D eigenvalue weighted by atomic mass is 16.3. The molecule has 1 aromatic carbocycles. The van der Waals surface area contributed by atoms with E-state index in [0.29, 0.717) is 16.7 Å². The van der Waals surface area contributed by atoms with Crippen LogP contribution in [0.15, 0.2) is 59.3 Å². The summed E-state index contributed by atoms with van der Waals surface area (Å²) in [6.07, 6.45) is 3.05. The number of ketones is 2. The Morgan fingerprint density at radius 2 is 1.90 bits per heavy atom. The van der Waals surface area contributed by atoms with Crippen molar-refractivity contribution in [1.29, 1.82) is 0 Å². The van der Waals surface area contributed by atoms with Crippen molar-refractivity contribution >= 4 is 23.4 Å². The number of rotatable bonds is 5. The molecule has 208 valence electrons. The van der Waals surface area contributed by atoms with Gasteiger partial charge >= 0.3 is 0 Å². The summed E-state index contributed by atoms with van der Waals surface area (Å²) in [5, 5.41) is 47.3. The number of aliphatic hydroxyl groups excluding tert-OH is 2. The van der Waals surface area contributed by atoms with Crippen LogP contribution in [-0.2, 0) is 22.6 Å². The molecule has 2 aromatic rings. The number of hydrogen-bond acceptors (Lipinski definition) is 10. The number of likely N-dealkylation sites (N-methyl/N-ethyl adjacent to an activating group) is 1. The van der Waals surface area contributed by atoms with Gasteiger partial charge in [-0.1, -0.05) is 6.07 Å². The number of hydrogen-bond donors (Lipinski definition) is 6.